The van der Waals surface area contributed by atoms with E-state index in [9.17, 15) is 26.4 Å². The van der Waals surface area contributed by atoms with Gasteiger partial charge in [-0.3, -0.25) is 4.18 Å². The fourth-order valence-electron chi connectivity index (χ4n) is 1.07. The van der Waals surface area contributed by atoms with Gasteiger partial charge in [0.15, 0.2) is 0 Å². The van der Waals surface area contributed by atoms with E-state index in [1.807, 2.05) is 0 Å². The number of methoxy groups -OCH3 is 1. The summed E-state index contributed by atoms with van der Waals surface area (Å²) >= 11 is 0. The third-order valence-corrected chi connectivity index (χ3v) is 3.03. The molecule has 0 bridgehead atoms. The number of rotatable bonds is 4. The summed E-state index contributed by atoms with van der Waals surface area (Å²) in [5, 5.41) is 0. The number of esters is 1. The van der Waals surface area contributed by atoms with Crippen molar-refractivity contribution in [1.82, 2.24) is 0 Å². The van der Waals surface area contributed by atoms with Crippen molar-refractivity contribution < 1.29 is 35.3 Å². The molecule has 0 spiro atoms. The first kappa shape index (κ1) is 15.4. The molecular formula is C10H9F3O5S. The van der Waals surface area contributed by atoms with Gasteiger partial charge < -0.3 is 4.74 Å². The highest BCUT2D eigenvalue weighted by molar-refractivity contribution is 7.87. The molecule has 1 rings (SSSR count). The van der Waals surface area contributed by atoms with Crippen LogP contribution in [0.25, 0.3) is 0 Å². The normalized spacial score (nSPS) is 12.2. The van der Waals surface area contributed by atoms with E-state index >= 15 is 0 Å². The van der Waals surface area contributed by atoms with Crippen LogP contribution in [0.2, 0.25) is 0 Å². The van der Waals surface area contributed by atoms with Gasteiger partial charge >= 0.3 is 21.6 Å². The van der Waals surface area contributed by atoms with Crippen molar-refractivity contribution in [2.75, 3.05) is 7.11 Å². The van der Waals surface area contributed by atoms with Crippen LogP contribution < -0.4 is 0 Å². The molecule has 5 nitrogen and oxygen atoms in total. The Labute approximate surface area is 107 Å². The monoisotopic (exact) mass is 298 g/mol. The second-order valence-electron chi connectivity index (χ2n) is 3.35. The number of ether oxygens (including phenoxy) is 1. The van der Waals surface area contributed by atoms with Crippen LogP contribution in [0.4, 0.5) is 13.2 Å². The molecule has 0 radical (unpaired) electrons. The Bertz CT molecular complexity index is 548. The molecular weight excluding hydrogens is 289 g/mol. The molecule has 0 unspecified atom stereocenters. The van der Waals surface area contributed by atoms with E-state index in [1.54, 1.807) is 0 Å². The summed E-state index contributed by atoms with van der Waals surface area (Å²) in [4.78, 5) is 11.1. The van der Waals surface area contributed by atoms with Gasteiger partial charge in [-0.1, -0.05) is 12.1 Å². The molecule has 0 N–H and O–H groups in total. The molecule has 0 fully saturated rings. The Balaban J connectivity index is 2.73. The number of alkyl halides is 3. The third kappa shape index (κ3) is 3.93. The quantitative estimate of drug-likeness (QED) is 0.482. The number of benzene rings is 1. The van der Waals surface area contributed by atoms with Gasteiger partial charge in [0, 0.05) is 0 Å². The zero-order valence-electron chi connectivity index (χ0n) is 9.60. The van der Waals surface area contributed by atoms with E-state index in [0.29, 0.717) is 0 Å². The van der Waals surface area contributed by atoms with E-state index in [0.717, 1.165) is 0 Å². The predicted octanol–water partition coefficient (Wildman–Crippen LogP) is 1.84. The Kier molecular flexibility index (Phi) is 4.53. The minimum Gasteiger partial charge on any atom is -0.465 e. The zero-order chi connectivity index (χ0) is 14.7. The molecule has 1 aromatic rings. The van der Waals surface area contributed by atoms with Crippen LogP contribution in [0.1, 0.15) is 15.9 Å². The van der Waals surface area contributed by atoms with Crippen LogP contribution in [-0.2, 0) is 25.6 Å². The summed E-state index contributed by atoms with van der Waals surface area (Å²) in [7, 11) is -4.44. The summed E-state index contributed by atoms with van der Waals surface area (Å²) in [6.07, 6.45) is 0. The van der Waals surface area contributed by atoms with Crippen LogP contribution >= 0.6 is 0 Å². The van der Waals surface area contributed by atoms with Gasteiger partial charge in [0.25, 0.3) is 0 Å². The Hall–Kier alpha value is -1.61. The molecule has 0 aliphatic heterocycles. The highest BCUT2D eigenvalue weighted by atomic mass is 32.2. The smallest absolute Gasteiger partial charge is 0.465 e. The van der Waals surface area contributed by atoms with Crippen molar-refractivity contribution in [1.29, 1.82) is 0 Å². The maximum Gasteiger partial charge on any atom is 0.523 e. The Morgan fingerprint density at radius 3 is 2.16 bits per heavy atom. The number of carbonyl (C=O) groups excluding carboxylic acids is 1. The molecule has 0 amide bonds. The molecule has 106 valence electrons. The second kappa shape index (κ2) is 5.57. The minimum absolute atomic E-state index is 0.167. The number of hydrogen-bond donors (Lipinski definition) is 0. The van der Waals surface area contributed by atoms with Gasteiger partial charge in [-0.05, 0) is 17.7 Å². The largest absolute Gasteiger partial charge is 0.523 e. The van der Waals surface area contributed by atoms with Gasteiger partial charge in [0.1, 0.15) is 0 Å². The second-order valence-corrected chi connectivity index (χ2v) is 4.96. The summed E-state index contributed by atoms with van der Waals surface area (Å²) in [5.74, 6) is -0.615. The first-order valence-corrected chi connectivity index (χ1v) is 6.21. The fourth-order valence-corrected chi connectivity index (χ4v) is 1.49. The standard InChI is InChI=1S/C10H9F3O5S/c1-17-9(14)8-4-2-7(3-5-8)6-18-19(15,16)10(11,12)13/h2-5H,6H2,1H3. The van der Waals surface area contributed by atoms with E-state index in [4.69, 9.17) is 0 Å². The molecule has 9 heteroatoms. The number of carbonyl (C=O) groups is 1. The first-order valence-electron chi connectivity index (χ1n) is 4.80. The summed E-state index contributed by atoms with van der Waals surface area (Å²) in [6.45, 7) is -0.775. The molecule has 0 aliphatic rings. The van der Waals surface area contributed by atoms with Crippen LogP contribution in [0, 0.1) is 0 Å². The molecule has 0 heterocycles. The lowest BCUT2D eigenvalue weighted by molar-refractivity contribution is -0.0547. The molecule has 0 saturated carbocycles. The van der Waals surface area contributed by atoms with Crippen molar-refractivity contribution in [3.63, 3.8) is 0 Å². The first-order chi connectivity index (χ1) is 8.67. The highest BCUT2D eigenvalue weighted by Crippen LogP contribution is 2.25. The topological polar surface area (TPSA) is 69.7 Å². The molecule has 19 heavy (non-hydrogen) atoms. The van der Waals surface area contributed by atoms with Crippen LogP contribution in [0.15, 0.2) is 24.3 Å². The lowest BCUT2D eigenvalue weighted by Gasteiger charge is -2.08. The van der Waals surface area contributed by atoms with E-state index in [1.165, 1.54) is 31.4 Å². The van der Waals surface area contributed by atoms with E-state index in [2.05, 4.69) is 8.92 Å². The number of halogens is 3. The highest BCUT2D eigenvalue weighted by Gasteiger charge is 2.47. The zero-order valence-corrected chi connectivity index (χ0v) is 10.4. The van der Waals surface area contributed by atoms with Gasteiger partial charge in [0.05, 0.1) is 19.3 Å². The SMILES string of the molecule is COC(=O)c1ccc(COS(=O)(=O)C(F)(F)F)cc1. The molecule has 1 aromatic carbocycles. The van der Waals surface area contributed by atoms with Gasteiger partial charge in [-0.15, -0.1) is 0 Å². The van der Waals surface area contributed by atoms with Crippen molar-refractivity contribution in [2.45, 2.75) is 12.1 Å². The van der Waals surface area contributed by atoms with Crippen molar-refractivity contribution >= 4 is 16.1 Å². The average molecular weight is 298 g/mol. The number of hydrogen-bond acceptors (Lipinski definition) is 5. The van der Waals surface area contributed by atoms with Crippen molar-refractivity contribution in [3.8, 4) is 0 Å². The summed E-state index contributed by atoms with van der Waals surface area (Å²) in [5.41, 5.74) is -5.11. The van der Waals surface area contributed by atoms with Crippen LogP contribution in [-0.4, -0.2) is 27.0 Å². The van der Waals surface area contributed by atoms with Crippen LogP contribution in [0.3, 0.4) is 0 Å². The lowest BCUT2D eigenvalue weighted by atomic mass is 10.1. The third-order valence-electron chi connectivity index (χ3n) is 2.04. The maximum absolute atomic E-state index is 12.0. The van der Waals surface area contributed by atoms with Crippen molar-refractivity contribution in [3.05, 3.63) is 35.4 Å². The van der Waals surface area contributed by atoms with Gasteiger partial charge in [0.2, 0.25) is 0 Å². The van der Waals surface area contributed by atoms with E-state index < -0.39 is 28.2 Å². The molecule has 0 saturated heterocycles. The summed E-state index contributed by atoms with van der Waals surface area (Å²) in [6, 6.07) is 5.09. The van der Waals surface area contributed by atoms with Gasteiger partial charge in [-0.2, -0.15) is 21.6 Å². The fraction of sp³-hybridized carbons (Fsp3) is 0.300. The maximum atomic E-state index is 12.0. The summed E-state index contributed by atoms with van der Waals surface area (Å²) < 4.78 is 65.4. The lowest BCUT2D eigenvalue weighted by Crippen LogP contribution is -2.25. The molecule has 0 aliphatic carbocycles. The van der Waals surface area contributed by atoms with Crippen LogP contribution in [0.5, 0.6) is 0 Å². The van der Waals surface area contributed by atoms with Crippen molar-refractivity contribution in [2.24, 2.45) is 0 Å². The van der Waals surface area contributed by atoms with Gasteiger partial charge in [-0.25, -0.2) is 4.79 Å². The Morgan fingerprint density at radius 1 is 1.21 bits per heavy atom. The Morgan fingerprint density at radius 2 is 1.74 bits per heavy atom. The van der Waals surface area contributed by atoms with E-state index in [-0.39, 0.29) is 11.1 Å². The molecule has 0 aromatic heterocycles. The molecule has 0 atom stereocenters. The predicted molar refractivity (Wildman–Crippen MR) is 57.5 cm³/mol. The average Bonchev–Trinajstić information content (AvgIpc) is 2.35. The minimum atomic E-state index is -5.62.